The summed E-state index contributed by atoms with van der Waals surface area (Å²) in [5, 5.41) is 12.8. The molecule has 1 aliphatic heterocycles. The molecular weight excluding hydrogens is 531 g/mol. The van der Waals surface area contributed by atoms with Crippen molar-refractivity contribution >= 4 is 17.2 Å². The normalized spacial score (nSPS) is 17.4. The molecule has 2 N–H and O–H groups in total. The van der Waals surface area contributed by atoms with Crippen LogP contribution < -0.4 is 5.56 Å². The number of carbonyl (C=O) groups excluding carboxylic acids is 1. The lowest BCUT2D eigenvalue weighted by atomic mass is 10.0. The van der Waals surface area contributed by atoms with E-state index in [1.807, 2.05) is 0 Å². The highest BCUT2D eigenvalue weighted by atomic mass is 32.1. The minimum Gasteiger partial charge on any atom is -0.385 e. The smallest absolute Gasteiger partial charge is 0.385 e. The number of ether oxygens (including phenoxy) is 1. The monoisotopic (exact) mass is 561 g/mol. The zero-order chi connectivity index (χ0) is 27.8. The van der Waals surface area contributed by atoms with Crippen LogP contribution >= 0.6 is 11.3 Å². The molecule has 39 heavy (non-hydrogen) atoms. The number of aromatic nitrogens is 2. The van der Waals surface area contributed by atoms with Crippen molar-refractivity contribution in [3.05, 3.63) is 84.7 Å². The molecular formula is C28H30F3N3O4S. The number of thiophene rings is 1. The van der Waals surface area contributed by atoms with E-state index < -0.39 is 23.8 Å². The van der Waals surface area contributed by atoms with E-state index in [9.17, 15) is 27.9 Å². The third-order valence-electron chi connectivity index (χ3n) is 7.51. The Morgan fingerprint density at radius 2 is 2.10 bits per heavy atom. The van der Waals surface area contributed by atoms with Gasteiger partial charge in [-0.25, -0.2) is 4.98 Å². The summed E-state index contributed by atoms with van der Waals surface area (Å²) in [5.74, 6) is -0.107. The Morgan fingerprint density at radius 1 is 1.31 bits per heavy atom. The lowest BCUT2D eigenvalue weighted by Gasteiger charge is -2.24. The number of rotatable bonds is 8. The van der Waals surface area contributed by atoms with Gasteiger partial charge < -0.3 is 19.7 Å². The number of hydrogen-bond acceptors (Lipinski definition) is 6. The van der Waals surface area contributed by atoms with Gasteiger partial charge in [0.25, 0.3) is 11.5 Å². The standard InChI is InChI=1S/C28H30F3N3O4S/c1-38-12-4-5-17-13-22(39-16-17)27(9-10-27)26-32-21-8-3-11-34(15-20(21)24(36)33-26)25(37)23(35)18-6-2-7-19(14-18)28(29,30)31/h2,6-7,13-14,16,23,35H,3-5,8-12,15H2,1H3,(H,32,33,36)/t23-/m1/s1. The summed E-state index contributed by atoms with van der Waals surface area (Å²) < 4.78 is 44.5. The largest absolute Gasteiger partial charge is 0.416 e. The van der Waals surface area contributed by atoms with E-state index in [2.05, 4.69) is 16.4 Å². The van der Waals surface area contributed by atoms with Gasteiger partial charge >= 0.3 is 6.18 Å². The molecule has 0 radical (unpaired) electrons. The molecule has 0 spiro atoms. The molecule has 208 valence electrons. The molecule has 1 saturated carbocycles. The summed E-state index contributed by atoms with van der Waals surface area (Å²) in [7, 11) is 1.69. The highest BCUT2D eigenvalue weighted by Gasteiger charge is 2.50. The van der Waals surface area contributed by atoms with Gasteiger partial charge in [-0.05, 0) is 73.2 Å². The molecule has 0 unspecified atom stereocenters. The summed E-state index contributed by atoms with van der Waals surface area (Å²) >= 11 is 1.67. The molecule has 5 rings (SSSR count). The van der Waals surface area contributed by atoms with E-state index in [4.69, 9.17) is 9.72 Å². The molecule has 2 aromatic heterocycles. The van der Waals surface area contributed by atoms with E-state index in [1.54, 1.807) is 18.4 Å². The highest BCUT2D eigenvalue weighted by Crippen LogP contribution is 2.54. The zero-order valence-corrected chi connectivity index (χ0v) is 22.3. The second-order valence-corrected chi connectivity index (χ2v) is 11.1. The summed E-state index contributed by atoms with van der Waals surface area (Å²) in [6.07, 6.45) is -1.73. The highest BCUT2D eigenvalue weighted by molar-refractivity contribution is 7.10. The Hall–Kier alpha value is -3.02. The van der Waals surface area contributed by atoms with E-state index in [0.717, 1.165) is 43.9 Å². The Morgan fingerprint density at radius 3 is 2.82 bits per heavy atom. The van der Waals surface area contributed by atoms with Crippen LogP contribution in [0.5, 0.6) is 0 Å². The number of halogens is 3. The van der Waals surface area contributed by atoms with Gasteiger partial charge in [-0.15, -0.1) is 11.3 Å². The van der Waals surface area contributed by atoms with Gasteiger partial charge in [0.1, 0.15) is 5.82 Å². The fourth-order valence-electron chi connectivity index (χ4n) is 5.14. The Balaban J connectivity index is 1.35. The number of amides is 1. The van der Waals surface area contributed by atoms with Crippen molar-refractivity contribution in [3.8, 4) is 0 Å². The number of aryl methyl sites for hydroxylation is 2. The number of carbonyl (C=O) groups is 1. The number of H-pyrrole nitrogens is 1. The van der Waals surface area contributed by atoms with Gasteiger partial charge in [0.15, 0.2) is 6.10 Å². The van der Waals surface area contributed by atoms with Gasteiger partial charge in [-0.2, -0.15) is 13.2 Å². The second kappa shape index (κ2) is 10.9. The number of aromatic amines is 1. The van der Waals surface area contributed by atoms with Crippen LogP contribution in [-0.2, 0) is 40.5 Å². The number of aliphatic hydroxyl groups is 1. The lowest BCUT2D eigenvalue weighted by Crippen LogP contribution is -2.36. The predicted molar refractivity (Wildman–Crippen MR) is 140 cm³/mol. The number of benzene rings is 1. The molecule has 1 aromatic carbocycles. The zero-order valence-electron chi connectivity index (χ0n) is 21.5. The van der Waals surface area contributed by atoms with Crippen LogP contribution in [0, 0.1) is 0 Å². The second-order valence-electron chi connectivity index (χ2n) is 10.2. The summed E-state index contributed by atoms with van der Waals surface area (Å²) in [5.41, 5.74) is 0.497. The van der Waals surface area contributed by atoms with Crippen molar-refractivity contribution in [1.82, 2.24) is 14.9 Å². The molecule has 11 heteroatoms. The Bertz CT molecular complexity index is 1410. The molecule has 7 nitrogen and oxygen atoms in total. The van der Waals surface area contributed by atoms with Crippen LogP contribution in [-0.4, -0.2) is 46.1 Å². The summed E-state index contributed by atoms with van der Waals surface area (Å²) in [6, 6.07) is 6.29. The Labute approximate surface area is 227 Å². The lowest BCUT2D eigenvalue weighted by molar-refractivity contribution is -0.142. The van der Waals surface area contributed by atoms with Crippen LogP contribution in [0.3, 0.4) is 0 Å². The average Bonchev–Trinajstić information content (AvgIpc) is 3.64. The van der Waals surface area contributed by atoms with Gasteiger partial charge in [-0.3, -0.25) is 9.59 Å². The van der Waals surface area contributed by atoms with Crippen molar-refractivity contribution in [2.45, 2.75) is 62.8 Å². The fourth-order valence-corrected chi connectivity index (χ4v) is 6.35. The number of aliphatic hydroxyl groups excluding tert-OH is 1. The quantitative estimate of drug-likeness (QED) is 0.395. The summed E-state index contributed by atoms with van der Waals surface area (Å²) in [4.78, 5) is 36.7. The first-order chi connectivity index (χ1) is 18.6. The van der Waals surface area contributed by atoms with E-state index >= 15 is 0 Å². The minimum absolute atomic E-state index is 0.0670. The molecule has 3 heterocycles. The van der Waals surface area contributed by atoms with E-state index in [0.29, 0.717) is 36.5 Å². The molecule has 0 saturated heterocycles. The number of methoxy groups -OCH3 is 1. The minimum atomic E-state index is -4.59. The van der Waals surface area contributed by atoms with Gasteiger partial charge in [-0.1, -0.05) is 12.1 Å². The first kappa shape index (κ1) is 27.5. The van der Waals surface area contributed by atoms with E-state index in [-0.39, 0.29) is 29.6 Å². The molecule has 0 bridgehead atoms. The third kappa shape index (κ3) is 5.66. The predicted octanol–water partition coefficient (Wildman–Crippen LogP) is 4.52. The first-order valence-corrected chi connectivity index (χ1v) is 13.8. The molecule has 2 aliphatic rings. The van der Waals surface area contributed by atoms with Crippen molar-refractivity contribution in [2.75, 3.05) is 20.3 Å². The van der Waals surface area contributed by atoms with Crippen LogP contribution in [0.1, 0.15) is 70.4 Å². The van der Waals surface area contributed by atoms with Crippen LogP contribution in [0.4, 0.5) is 13.2 Å². The average molecular weight is 562 g/mol. The number of alkyl halides is 3. The molecule has 1 aliphatic carbocycles. The van der Waals surface area contributed by atoms with Crippen molar-refractivity contribution in [2.24, 2.45) is 0 Å². The van der Waals surface area contributed by atoms with Crippen molar-refractivity contribution in [1.29, 1.82) is 0 Å². The van der Waals surface area contributed by atoms with Crippen LogP contribution in [0.15, 0.2) is 40.5 Å². The third-order valence-corrected chi connectivity index (χ3v) is 8.69. The number of nitrogens with zero attached hydrogens (tertiary/aromatic N) is 2. The van der Waals surface area contributed by atoms with Gasteiger partial charge in [0.2, 0.25) is 0 Å². The maximum absolute atomic E-state index is 13.3. The van der Waals surface area contributed by atoms with Crippen LogP contribution in [0.25, 0.3) is 0 Å². The van der Waals surface area contributed by atoms with Gasteiger partial charge in [0.05, 0.1) is 28.8 Å². The Kier molecular flexibility index (Phi) is 7.67. The van der Waals surface area contributed by atoms with Crippen molar-refractivity contribution in [3.63, 3.8) is 0 Å². The van der Waals surface area contributed by atoms with Gasteiger partial charge in [0, 0.05) is 25.1 Å². The maximum atomic E-state index is 13.3. The number of hydrogen-bond donors (Lipinski definition) is 2. The number of fused-ring (bicyclic) bond motifs is 1. The number of nitrogens with one attached hydrogen (secondary N) is 1. The van der Waals surface area contributed by atoms with E-state index in [1.165, 1.54) is 21.4 Å². The van der Waals surface area contributed by atoms with Crippen molar-refractivity contribution < 1.29 is 27.8 Å². The maximum Gasteiger partial charge on any atom is 0.416 e. The summed E-state index contributed by atoms with van der Waals surface area (Å²) in [6.45, 7) is 0.885. The molecule has 1 amide bonds. The molecule has 1 atom stereocenters. The SMILES string of the molecule is COCCCc1csc(C2(c3nc4c(c(=O)[nH]3)CN(C(=O)[C@H](O)c3cccc(C(F)(F)F)c3)CCC4)CC2)c1. The molecule has 1 fully saturated rings. The fraction of sp³-hybridized carbons (Fsp3) is 0.464. The first-order valence-electron chi connectivity index (χ1n) is 13.0. The topological polar surface area (TPSA) is 95.5 Å². The molecule has 3 aromatic rings. The van der Waals surface area contributed by atoms with Crippen LogP contribution in [0.2, 0.25) is 0 Å².